The van der Waals surface area contributed by atoms with Gasteiger partial charge in [0.25, 0.3) is 0 Å². The topological polar surface area (TPSA) is 51.2 Å². The van der Waals surface area contributed by atoms with Crippen molar-refractivity contribution in [2.24, 2.45) is 5.84 Å². The minimum Gasteiger partial charge on any atom is -0.448 e. The lowest BCUT2D eigenvalue weighted by Crippen LogP contribution is -2.28. The Bertz CT molecular complexity index is 456. The molecule has 0 amide bonds. The molecule has 0 bridgehead atoms. The van der Waals surface area contributed by atoms with Crippen molar-refractivity contribution in [2.75, 3.05) is 0 Å². The zero-order chi connectivity index (χ0) is 10.8. The van der Waals surface area contributed by atoms with E-state index in [1.165, 1.54) is 0 Å². The van der Waals surface area contributed by atoms with Gasteiger partial charge in [-0.25, -0.2) is 5.43 Å². The van der Waals surface area contributed by atoms with E-state index in [4.69, 9.17) is 21.9 Å². The van der Waals surface area contributed by atoms with Gasteiger partial charge in [0, 0.05) is 15.4 Å². The van der Waals surface area contributed by atoms with Gasteiger partial charge >= 0.3 is 0 Å². The average Bonchev–Trinajstić information content (AvgIpc) is 2.79. The molecule has 2 rings (SSSR count). The van der Waals surface area contributed by atoms with Gasteiger partial charge in [0.1, 0.15) is 11.8 Å². The molecule has 6 heteroatoms. The summed E-state index contributed by atoms with van der Waals surface area (Å²) in [5.41, 5.74) is 3.73. The van der Waals surface area contributed by atoms with Gasteiger partial charge < -0.3 is 4.42 Å². The molecule has 0 radical (unpaired) electrons. The van der Waals surface area contributed by atoms with Gasteiger partial charge in [-0.2, -0.15) is 11.3 Å². The van der Waals surface area contributed by atoms with Crippen LogP contribution in [0.1, 0.15) is 17.4 Å². The quantitative estimate of drug-likeness (QED) is 0.675. The fourth-order valence-electron chi connectivity index (χ4n) is 1.31. The van der Waals surface area contributed by atoms with E-state index in [0.717, 1.165) is 10.0 Å². The number of hydrogen-bond acceptors (Lipinski definition) is 4. The summed E-state index contributed by atoms with van der Waals surface area (Å²) in [5.74, 6) is 6.20. The first-order valence-electron chi connectivity index (χ1n) is 4.15. The van der Waals surface area contributed by atoms with Gasteiger partial charge in [0.2, 0.25) is 0 Å². The molecule has 0 spiro atoms. The Labute approximate surface area is 104 Å². The van der Waals surface area contributed by atoms with Crippen molar-refractivity contribution in [2.45, 2.75) is 6.04 Å². The van der Waals surface area contributed by atoms with Crippen LogP contribution in [-0.2, 0) is 0 Å². The molecule has 2 aromatic rings. The first-order valence-corrected chi connectivity index (χ1v) is 6.26. The number of hydrazine groups is 1. The fourth-order valence-corrected chi connectivity index (χ4v) is 3.01. The highest BCUT2D eigenvalue weighted by Crippen LogP contribution is 2.32. The summed E-state index contributed by atoms with van der Waals surface area (Å²) >= 11 is 10.8. The number of thiophene rings is 1. The summed E-state index contributed by atoms with van der Waals surface area (Å²) in [6.45, 7) is 0. The molecule has 1 unspecified atom stereocenters. The second kappa shape index (κ2) is 4.67. The van der Waals surface area contributed by atoms with Crippen LogP contribution in [0.4, 0.5) is 0 Å². The van der Waals surface area contributed by atoms with Gasteiger partial charge in [-0.15, -0.1) is 0 Å². The van der Waals surface area contributed by atoms with Gasteiger partial charge in [-0.1, -0.05) is 0 Å². The van der Waals surface area contributed by atoms with Crippen LogP contribution >= 0.6 is 38.9 Å². The smallest absolute Gasteiger partial charge is 0.193 e. The van der Waals surface area contributed by atoms with Crippen LogP contribution in [0.2, 0.25) is 5.22 Å². The Balaban J connectivity index is 2.36. The van der Waals surface area contributed by atoms with E-state index < -0.39 is 0 Å². The van der Waals surface area contributed by atoms with E-state index in [9.17, 15) is 0 Å². The molecule has 80 valence electrons. The van der Waals surface area contributed by atoms with Crippen LogP contribution < -0.4 is 11.3 Å². The Hall–Kier alpha value is -0.330. The number of hydrogen-bond donors (Lipinski definition) is 2. The first kappa shape index (κ1) is 11.2. The Morgan fingerprint density at radius 2 is 2.27 bits per heavy atom. The van der Waals surface area contributed by atoms with Crippen molar-refractivity contribution in [3.8, 4) is 0 Å². The highest BCUT2D eigenvalue weighted by Gasteiger charge is 2.19. The SMILES string of the molecule is NNC(c1ccc(Cl)o1)c1cscc1Br. The lowest BCUT2D eigenvalue weighted by Gasteiger charge is -2.12. The van der Waals surface area contributed by atoms with E-state index in [1.807, 2.05) is 10.8 Å². The predicted octanol–water partition coefficient (Wildman–Crippen LogP) is 3.31. The van der Waals surface area contributed by atoms with Gasteiger partial charge in [0.05, 0.1) is 0 Å². The molecule has 2 heterocycles. The second-order valence-corrected chi connectivity index (χ2v) is 4.89. The molecule has 3 N–H and O–H groups in total. The summed E-state index contributed by atoms with van der Waals surface area (Å²) in [7, 11) is 0. The summed E-state index contributed by atoms with van der Waals surface area (Å²) in [5, 5.41) is 4.35. The number of halogens is 2. The third-order valence-corrected chi connectivity index (χ3v) is 3.95. The molecule has 0 fully saturated rings. The summed E-state index contributed by atoms with van der Waals surface area (Å²) in [4.78, 5) is 0. The maximum atomic E-state index is 5.72. The van der Waals surface area contributed by atoms with Crippen molar-refractivity contribution in [3.05, 3.63) is 43.9 Å². The van der Waals surface area contributed by atoms with Gasteiger partial charge in [0.15, 0.2) is 5.22 Å². The van der Waals surface area contributed by atoms with Crippen LogP contribution in [0, 0.1) is 0 Å². The zero-order valence-electron chi connectivity index (χ0n) is 7.54. The number of rotatable bonds is 3. The molecule has 15 heavy (non-hydrogen) atoms. The normalized spacial score (nSPS) is 13.0. The summed E-state index contributed by atoms with van der Waals surface area (Å²) in [6, 6.07) is 3.32. The molecule has 3 nitrogen and oxygen atoms in total. The molecule has 0 aliphatic heterocycles. The average molecular weight is 308 g/mol. The highest BCUT2D eigenvalue weighted by molar-refractivity contribution is 9.10. The number of furan rings is 1. The maximum absolute atomic E-state index is 5.72. The van der Waals surface area contributed by atoms with Crippen molar-refractivity contribution in [3.63, 3.8) is 0 Å². The third-order valence-electron chi connectivity index (χ3n) is 2.00. The van der Waals surface area contributed by atoms with Crippen molar-refractivity contribution >= 4 is 38.9 Å². The predicted molar refractivity (Wildman–Crippen MR) is 64.9 cm³/mol. The Kier molecular flexibility index (Phi) is 3.48. The fraction of sp³-hybridized carbons (Fsp3) is 0.111. The Morgan fingerprint density at radius 3 is 2.73 bits per heavy atom. The van der Waals surface area contributed by atoms with Crippen molar-refractivity contribution in [1.82, 2.24) is 5.43 Å². The van der Waals surface area contributed by atoms with Crippen LogP contribution in [0.25, 0.3) is 0 Å². The molecule has 0 aromatic carbocycles. The Morgan fingerprint density at radius 1 is 1.47 bits per heavy atom. The molecule has 0 saturated heterocycles. The zero-order valence-corrected chi connectivity index (χ0v) is 10.7. The van der Waals surface area contributed by atoms with Crippen LogP contribution in [0.3, 0.4) is 0 Å². The minimum atomic E-state index is -0.182. The van der Waals surface area contributed by atoms with E-state index >= 15 is 0 Å². The largest absolute Gasteiger partial charge is 0.448 e. The molecule has 0 aliphatic carbocycles. The molecule has 0 aliphatic rings. The monoisotopic (exact) mass is 306 g/mol. The van der Waals surface area contributed by atoms with Crippen LogP contribution in [0.15, 0.2) is 31.8 Å². The summed E-state index contributed by atoms with van der Waals surface area (Å²) in [6.07, 6.45) is 0. The van der Waals surface area contributed by atoms with Gasteiger partial charge in [-0.3, -0.25) is 5.84 Å². The van der Waals surface area contributed by atoms with E-state index in [-0.39, 0.29) is 6.04 Å². The van der Waals surface area contributed by atoms with E-state index in [2.05, 4.69) is 21.4 Å². The molecule has 2 aromatic heterocycles. The number of nitrogens with one attached hydrogen (secondary N) is 1. The molecular weight excluding hydrogens is 300 g/mol. The molecule has 0 saturated carbocycles. The van der Waals surface area contributed by atoms with E-state index in [0.29, 0.717) is 11.0 Å². The lowest BCUT2D eigenvalue weighted by atomic mass is 10.1. The lowest BCUT2D eigenvalue weighted by molar-refractivity contribution is 0.453. The van der Waals surface area contributed by atoms with Crippen molar-refractivity contribution < 1.29 is 4.42 Å². The third kappa shape index (κ3) is 2.26. The maximum Gasteiger partial charge on any atom is 0.193 e. The second-order valence-electron chi connectivity index (χ2n) is 2.92. The van der Waals surface area contributed by atoms with Gasteiger partial charge in [-0.05, 0) is 45.0 Å². The molecular formula is C9H8BrClN2OS. The first-order chi connectivity index (χ1) is 7.22. The minimum absolute atomic E-state index is 0.182. The van der Waals surface area contributed by atoms with Crippen molar-refractivity contribution in [1.29, 1.82) is 0 Å². The van der Waals surface area contributed by atoms with E-state index in [1.54, 1.807) is 23.5 Å². The molecule has 1 atom stereocenters. The van der Waals surface area contributed by atoms with Crippen LogP contribution in [-0.4, -0.2) is 0 Å². The highest BCUT2D eigenvalue weighted by atomic mass is 79.9. The summed E-state index contributed by atoms with van der Waals surface area (Å²) < 4.78 is 6.32. The number of nitrogens with two attached hydrogens (primary N) is 1. The standard InChI is InChI=1S/C9H8BrClN2OS/c10-6-4-15-3-5(6)9(13-12)7-1-2-8(11)14-7/h1-4,9,13H,12H2. The van der Waals surface area contributed by atoms with Crippen LogP contribution in [0.5, 0.6) is 0 Å².